The SMILES string of the molecule is CCCOC(=O)C(=O)N1CCc2c([nH]c3ccc(Cl)cc23)C1c1ccc(OC)cc1.CCOC(=O)N1CCc2c([nH]c3ccc(Br)cc23)C1c1ccc(OCC(O)CO)cc1.COc1ccc(C2c3[nH]c4ccc(Cl)cc4c3CCN2C(=O)C(=O)OC(C)C)cc1.COc1ccc(OC(=O)N2CCc3c([nH]c4ccc(Cl)cc34)[C@@H]2c2ccc(OCC(C)(CO)CO)cc2)cc1. The summed E-state index contributed by atoms with van der Waals surface area (Å²) in [5.41, 5.74) is 14.9. The molecule has 4 aliphatic heterocycles. The van der Waals surface area contributed by atoms with E-state index in [1.165, 1.54) is 5.56 Å². The molecule has 13 aromatic rings. The monoisotopic (exact) mass is 1890 g/mol. The lowest BCUT2D eigenvalue weighted by Gasteiger charge is -2.35. The van der Waals surface area contributed by atoms with E-state index in [1.807, 2.05) is 159 Å². The third kappa shape index (κ3) is 20.9. The third-order valence-electron chi connectivity index (χ3n) is 23.3. The third-order valence-corrected chi connectivity index (χ3v) is 24.5. The molecule has 0 spiro atoms. The molecular formula is C99H102BrCl3N8O19. The van der Waals surface area contributed by atoms with Gasteiger partial charge in [-0.3, -0.25) is 19.4 Å². The number of carbonyl (C=O) groups excluding carboxylic acids is 6. The minimum Gasteiger partial charge on any atom is -0.497 e. The van der Waals surface area contributed by atoms with E-state index >= 15 is 0 Å². The number of H-pyrrole nitrogens is 4. The quantitative estimate of drug-likeness (QED) is 0.0188. The number of hydrogen-bond donors (Lipinski definition) is 8. The van der Waals surface area contributed by atoms with Gasteiger partial charge in [0.25, 0.3) is 0 Å². The van der Waals surface area contributed by atoms with Crippen molar-refractivity contribution in [1.29, 1.82) is 0 Å². The molecule has 0 bridgehead atoms. The Morgan fingerprint density at radius 3 is 1.17 bits per heavy atom. The highest BCUT2D eigenvalue weighted by Crippen LogP contribution is 2.46. The Labute approximate surface area is 774 Å². The molecule has 8 heterocycles. The summed E-state index contributed by atoms with van der Waals surface area (Å²) in [5, 5.41) is 43.8. The minimum absolute atomic E-state index is 0.00920. The van der Waals surface area contributed by atoms with Crippen molar-refractivity contribution < 1.29 is 91.8 Å². The number of aromatic amines is 4. The second kappa shape index (κ2) is 42.1. The van der Waals surface area contributed by atoms with Crippen molar-refractivity contribution in [1.82, 2.24) is 39.5 Å². The summed E-state index contributed by atoms with van der Waals surface area (Å²) in [5.74, 6) is 0.770. The van der Waals surface area contributed by atoms with Gasteiger partial charge in [0, 0.05) is 118 Å². The maximum atomic E-state index is 13.5. The van der Waals surface area contributed by atoms with E-state index in [0.717, 1.165) is 128 Å². The average molecular weight is 1890 g/mol. The zero-order valence-corrected chi connectivity index (χ0v) is 76.8. The van der Waals surface area contributed by atoms with Crippen LogP contribution in [0.2, 0.25) is 15.1 Å². The lowest BCUT2D eigenvalue weighted by molar-refractivity contribution is -0.163. The number of benzene rings is 9. The number of ether oxygens (including phenoxy) is 9. The first-order valence-corrected chi connectivity index (χ1v) is 44.7. The summed E-state index contributed by atoms with van der Waals surface area (Å²) in [6.45, 7) is 10.7. The number of rotatable bonds is 21. The van der Waals surface area contributed by atoms with Crippen LogP contribution >= 0.6 is 50.7 Å². The van der Waals surface area contributed by atoms with Crippen molar-refractivity contribution in [2.45, 2.75) is 103 Å². The van der Waals surface area contributed by atoms with Crippen LogP contribution in [0, 0.1) is 5.41 Å². The first kappa shape index (κ1) is 93.9. The van der Waals surface area contributed by atoms with E-state index in [9.17, 15) is 44.1 Å². The van der Waals surface area contributed by atoms with Gasteiger partial charge in [-0.1, -0.05) is 113 Å². The Morgan fingerprint density at radius 1 is 0.446 bits per heavy atom. The molecule has 31 heteroatoms. The summed E-state index contributed by atoms with van der Waals surface area (Å²) >= 11 is 22.3. The van der Waals surface area contributed by atoms with E-state index in [2.05, 4.69) is 41.9 Å². The van der Waals surface area contributed by atoms with Gasteiger partial charge in [-0.15, -0.1) is 0 Å². The molecule has 680 valence electrons. The molecule has 5 atom stereocenters. The molecule has 27 nitrogen and oxygen atoms in total. The van der Waals surface area contributed by atoms with E-state index in [4.69, 9.17) is 82.5 Å². The Kier molecular flexibility index (Phi) is 30.4. The zero-order chi connectivity index (χ0) is 92.2. The van der Waals surface area contributed by atoms with Crippen molar-refractivity contribution >= 4 is 130 Å². The standard InChI is InChI=1S/C30H31ClN2O6.C23H25BrN2O5.2C23H23ClN2O4/c1-30(16-34,17-35)18-38-22-6-3-19(4-7-22)28-27-24(25-15-20(31)5-12-26(25)32-27)13-14-33(28)29(36)39-23-10-8-21(37-2)9-11-23;1-2-30-23(29)26-10-9-18-19-11-15(24)5-8-20(19)25-21(18)22(26)14-3-6-17(7-4-14)31-13-16(28)12-27;1-13(2)30-23(28)22(27)26-11-10-17-18-12-15(24)6-9-19(18)25-20(17)21(26)14-4-7-16(29-3)8-5-14;1-3-12-30-23(28)22(27)26-11-10-17-18-13-15(24)6-9-19(18)25-20(17)21(26)14-4-7-16(29-2)8-5-14/h3-12,15,28,32,34-35H,13-14,16-18H2,1-2H3;3-8,11,16,22,25,27-28H,2,9-10,12-13H2,1H3;4-9,12-13,21,25H,10-11H2,1-3H3;4-9,13,21,25H,3,10-12H2,1-2H3/t28-;;;/m0.../s1. The number of aromatic nitrogens is 4. The number of methoxy groups -OCH3 is 3. The zero-order valence-electron chi connectivity index (χ0n) is 73.0. The highest BCUT2D eigenvalue weighted by Gasteiger charge is 2.42. The van der Waals surface area contributed by atoms with Crippen LogP contribution in [-0.4, -0.2) is 202 Å². The molecule has 8 N–H and O–H groups in total. The number of aliphatic hydroxyl groups excluding tert-OH is 4. The number of carbonyl (C=O) groups is 6. The number of halogens is 4. The second-order valence-electron chi connectivity index (χ2n) is 32.4. The lowest BCUT2D eigenvalue weighted by Crippen LogP contribution is -2.45. The molecule has 0 fully saturated rings. The fraction of sp³-hybridized carbons (Fsp3) is 0.313. The molecule has 9 aromatic carbocycles. The Hall–Kier alpha value is -12.3. The van der Waals surface area contributed by atoms with Crippen molar-refractivity contribution in [2.24, 2.45) is 5.41 Å². The van der Waals surface area contributed by atoms with Gasteiger partial charge in [-0.05, 0) is 243 Å². The predicted octanol–water partition coefficient (Wildman–Crippen LogP) is 17.6. The second-order valence-corrected chi connectivity index (χ2v) is 34.6. The van der Waals surface area contributed by atoms with Crippen molar-refractivity contribution in [2.75, 3.05) is 93.8 Å². The van der Waals surface area contributed by atoms with Crippen molar-refractivity contribution in [3.63, 3.8) is 0 Å². The maximum Gasteiger partial charge on any atom is 0.416 e. The topological polar surface area (TPSA) is 343 Å². The number of hydrogen-bond acceptors (Lipinski definition) is 19. The van der Waals surface area contributed by atoms with E-state index in [-0.39, 0.29) is 57.9 Å². The van der Waals surface area contributed by atoms with Gasteiger partial charge in [0.15, 0.2) is 0 Å². The van der Waals surface area contributed by atoms with E-state index in [0.29, 0.717) is 96.5 Å². The van der Waals surface area contributed by atoms with Gasteiger partial charge in [0.05, 0.1) is 79.2 Å². The molecule has 4 aliphatic rings. The number of amides is 4. The van der Waals surface area contributed by atoms with Gasteiger partial charge >= 0.3 is 35.9 Å². The fourth-order valence-electron chi connectivity index (χ4n) is 16.7. The maximum absolute atomic E-state index is 13.5. The molecule has 0 radical (unpaired) electrons. The van der Waals surface area contributed by atoms with Crippen LogP contribution in [0.1, 0.15) is 132 Å². The van der Waals surface area contributed by atoms with Gasteiger partial charge < -0.3 is 92.8 Å². The molecular weight excluding hydrogens is 1790 g/mol. The van der Waals surface area contributed by atoms with Gasteiger partial charge in [0.2, 0.25) is 0 Å². The number of nitrogens with zero attached hydrogens (tertiary/aromatic N) is 4. The first-order chi connectivity index (χ1) is 62.8. The van der Waals surface area contributed by atoms with Crippen LogP contribution in [0.25, 0.3) is 43.6 Å². The smallest absolute Gasteiger partial charge is 0.416 e. The van der Waals surface area contributed by atoms with Crippen LogP contribution in [-0.2, 0) is 59.1 Å². The Bertz CT molecular complexity index is 6200. The highest BCUT2D eigenvalue weighted by molar-refractivity contribution is 9.10. The normalized spacial score (nSPS) is 15.9. The Morgan fingerprint density at radius 2 is 0.792 bits per heavy atom. The molecule has 130 heavy (non-hydrogen) atoms. The van der Waals surface area contributed by atoms with Crippen LogP contribution in [0.3, 0.4) is 0 Å². The average Bonchev–Trinajstić information content (AvgIpc) is 1.62. The van der Waals surface area contributed by atoms with Gasteiger partial charge in [-0.2, -0.15) is 0 Å². The van der Waals surface area contributed by atoms with E-state index in [1.54, 1.807) is 105 Å². The molecule has 4 unspecified atom stereocenters. The van der Waals surface area contributed by atoms with E-state index < -0.39 is 59.5 Å². The van der Waals surface area contributed by atoms with Crippen molar-refractivity contribution in [3.8, 4) is 34.5 Å². The number of fused-ring (bicyclic) bond motifs is 12. The van der Waals surface area contributed by atoms with Crippen LogP contribution in [0.4, 0.5) is 9.59 Å². The molecule has 4 amide bonds. The number of esters is 2. The van der Waals surface area contributed by atoms with Crippen molar-refractivity contribution in [3.05, 3.63) is 281 Å². The van der Waals surface area contributed by atoms with Gasteiger partial charge in [-0.25, -0.2) is 19.2 Å². The fourth-order valence-corrected chi connectivity index (χ4v) is 17.6. The summed E-state index contributed by atoms with van der Waals surface area (Å²) in [6.07, 6.45) is 1.18. The van der Waals surface area contributed by atoms with Gasteiger partial charge in [0.1, 0.15) is 59.3 Å². The molecule has 0 aliphatic carbocycles. The predicted molar refractivity (Wildman–Crippen MR) is 499 cm³/mol. The van der Waals surface area contributed by atoms with Crippen LogP contribution in [0.15, 0.2) is 199 Å². The molecule has 17 rings (SSSR count). The van der Waals surface area contributed by atoms with Crippen LogP contribution < -0.4 is 28.4 Å². The van der Waals surface area contributed by atoms with Crippen LogP contribution in [0.5, 0.6) is 34.5 Å². The molecule has 0 saturated heterocycles. The lowest BCUT2D eigenvalue weighted by atomic mass is 9.92. The first-order valence-electron chi connectivity index (χ1n) is 42.8. The Balaban J connectivity index is 0.000000141. The molecule has 4 aromatic heterocycles. The minimum atomic E-state index is -0.925. The number of nitrogens with one attached hydrogen (secondary N) is 4. The summed E-state index contributed by atoms with van der Waals surface area (Å²) in [4.78, 5) is 97.5. The molecule has 0 saturated carbocycles. The number of aliphatic hydroxyl groups is 4. The summed E-state index contributed by atoms with van der Waals surface area (Å²) in [6, 6.07) is 58.5. The summed E-state index contributed by atoms with van der Waals surface area (Å²) in [7, 11) is 4.79. The largest absolute Gasteiger partial charge is 0.497 e. The highest BCUT2D eigenvalue weighted by atomic mass is 79.9. The summed E-state index contributed by atoms with van der Waals surface area (Å²) < 4.78 is 49.5.